The normalized spacial score (nSPS) is 17.1. The predicted molar refractivity (Wildman–Crippen MR) is 106 cm³/mol. The number of nitrogens with zero attached hydrogens (tertiary/aromatic N) is 4. The lowest BCUT2D eigenvalue weighted by Crippen LogP contribution is -2.40. The van der Waals surface area contributed by atoms with Crippen LogP contribution in [0.25, 0.3) is 0 Å². The average molecular weight is 396 g/mol. The van der Waals surface area contributed by atoms with E-state index in [0.717, 1.165) is 30.7 Å². The molecule has 29 heavy (non-hydrogen) atoms. The summed E-state index contributed by atoms with van der Waals surface area (Å²) < 4.78 is 20.8. The van der Waals surface area contributed by atoms with E-state index < -0.39 is 0 Å². The van der Waals surface area contributed by atoms with Gasteiger partial charge in [-0.15, -0.1) is 0 Å². The zero-order valence-corrected chi connectivity index (χ0v) is 16.7. The Bertz CT molecular complexity index is 977. The largest absolute Gasteiger partial charge is 0.445 e. The first-order chi connectivity index (χ1) is 14.0. The van der Waals surface area contributed by atoms with E-state index in [4.69, 9.17) is 4.42 Å². The number of carbonyl (C=O) groups excluding carboxylic acids is 1. The number of carbonyl (C=O) groups is 1. The molecule has 0 N–H and O–H groups in total. The van der Waals surface area contributed by atoms with E-state index in [1.54, 1.807) is 35.3 Å². The maximum atomic E-state index is 13.1. The summed E-state index contributed by atoms with van der Waals surface area (Å²) in [4.78, 5) is 19.3. The number of benzene rings is 1. The summed E-state index contributed by atoms with van der Waals surface area (Å²) in [5.41, 5.74) is 1.58. The highest BCUT2D eigenvalue weighted by Gasteiger charge is 2.30. The molecule has 4 rings (SSSR count). The standard InChI is InChI=1S/C22H25FN4O2/c1-15(2)27-20(9-10-25-27)22(28)26-11-3-4-17(14-26)21-24-13-19(29-21)12-16-5-7-18(23)8-6-16/h5-10,13,15,17H,3-4,11-12,14H2,1-2H3. The van der Waals surface area contributed by atoms with Gasteiger partial charge in [0.25, 0.3) is 5.91 Å². The van der Waals surface area contributed by atoms with Crippen LogP contribution in [0.5, 0.6) is 0 Å². The van der Waals surface area contributed by atoms with Crippen molar-refractivity contribution in [1.29, 1.82) is 0 Å². The van der Waals surface area contributed by atoms with Crippen molar-refractivity contribution in [2.24, 2.45) is 0 Å². The third-order valence-electron chi connectivity index (χ3n) is 5.30. The van der Waals surface area contributed by atoms with Crippen LogP contribution in [0.1, 0.15) is 66.4 Å². The zero-order chi connectivity index (χ0) is 20.4. The third kappa shape index (κ3) is 4.23. The van der Waals surface area contributed by atoms with Crippen LogP contribution in [0, 0.1) is 5.82 Å². The molecule has 3 heterocycles. The lowest BCUT2D eigenvalue weighted by molar-refractivity contribution is 0.0683. The monoisotopic (exact) mass is 396 g/mol. The molecular formula is C22H25FN4O2. The summed E-state index contributed by atoms with van der Waals surface area (Å²) >= 11 is 0. The van der Waals surface area contributed by atoms with Crippen molar-refractivity contribution in [3.8, 4) is 0 Å². The summed E-state index contributed by atoms with van der Waals surface area (Å²) in [6, 6.07) is 8.29. The molecule has 6 nitrogen and oxygen atoms in total. The van der Waals surface area contributed by atoms with Crippen molar-refractivity contribution in [3.05, 3.63) is 71.5 Å². The number of halogens is 1. The SMILES string of the molecule is CC(C)n1nccc1C(=O)N1CCCC(c2ncc(Cc3ccc(F)cc3)o2)C1. The Morgan fingerprint density at radius 3 is 2.83 bits per heavy atom. The van der Waals surface area contributed by atoms with Crippen LogP contribution < -0.4 is 0 Å². The minimum absolute atomic E-state index is 0.000934. The molecule has 1 atom stereocenters. The van der Waals surface area contributed by atoms with Crippen molar-refractivity contribution in [3.63, 3.8) is 0 Å². The van der Waals surface area contributed by atoms with Gasteiger partial charge in [0.1, 0.15) is 17.3 Å². The molecule has 0 bridgehead atoms. The van der Waals surface area contributed by atoms with Gasteiger partial charge in [-0.2, -0.15) is 5.10 Å². The van der Waals surface area contributed by atoms with Crippen molar-refractivity contribution >= 4 is 5.91 Å². The van der Waals surface area contributed by atoms with Gasteiger partial charge in [0.2, 0.25) is 0 Å². The lowest BCUT2D eigenvalue weighted by Gasteiger charge is -2.31. The Kier molecular flexibility index (Phi) is 5.47. The van der Waals surface area contributed by atoms with Crippen molar-refractivity contribution in [2.45, 2.75) is 45.1 Å². The van der Waals surface area contributed by atoms with E-state index in [1.165, 1.54) is 12.1 Å². The number of amides is 1. The fourth-order valence-corrected chi connectivity index (χ4v) is 3.82. The molecule has 1 saturated heterocycles. The van der Waals surface area contributed by atoms with Gasteiger partial charge in [0.15, 0.2) is 5.89 Å². The summed E-state index contributed by atoms with van der Waals surface area (Å²) in [5.74, 6) is 1.23. The minimum Gasteiger partial charge on any atom is -0.445 e. The number of piperidine rings is 1. The molecule has 1 amide bonds. The number of likely N-dealkylation sites (tertiary alicyclic amines) is 1. The minimum atomic E-state index is -0.252. The molecule has 152 valence electrons. The molecule has 1 aliphatic rings. The van der Waals surface area contributed by atoms with Gasteiger partial charge >= 0.3 is 0 Å². The van der Waals surface area contributed by atoms with Crippen LogP contribution in [0.3, 0.4) is 0 Å². The summed E-state index contributed by atoms with van der Waals surface area (Å²) in [7, 11) is 0. The van der Waals surface area contributed by atoms with E-state index in [0.29, 0.717) is 24.6 Å². The highest BCUT2D eigenvalue weighted by atomic mass is 19.1. The second-order valence-corrected chi connectivity index (χ2v) is 7.81. The van der Waals surface area contributed by atoms with E-state index in [-0.39, 0.29) is 23.7 Å². The number of rotatable bonds is 5. The molecule has 0 spiro atoms. The molecule has 1 aliphatic heterocycles. The quantitative estimate of drug-likeness (QED) is 0.648. The van der Waals surface area contributed by atoms with E-state index in [9.17, 15) is 9.18 Å². The van der Waals surface area contributed by atoms with Gasteiger partial charge < -0.3 is 9.32 Å². The van der Waals surface area contributed by atoms with Gasteiger partial charge in [-0.1, -0.05) is 12.1 Å². The molecule has 3 aromatic rings. The van der Waals surface area contributed by atoms with Crippen LogP contribution >= 0.6 is 0 Å². The number of hydrogen-bond acceptors (Lipinski definition) is 4. The van der Waals surface area contributed by atoms with Crippen molar-refractivity contribution in [1.82, 2.24) is 19.7 Å². The molecule has 1 unspecified atom stereocenters. The first-order valence-electron chi connectivity index (χ1n) is 10.0. The average Bonchev–Trinajstić information content (AvgIpc) is 3.39. The van der Waals surface area contributed by atoms with Crippen LogP contribution in [-0.2, 0) is 6.42 Å². The molecule has 0 radical (unpaired) electrons. The zero-order valence-electron chi connectivity index (χ0n) is 16.7. The second-order valence-electron chi connectivity index (χ2n) is 7.81. The van der Waals surface area contributed by atoms with Crippen LogP contribution in [0.15, 0.2) is 47.1 Å². The Morgan fingerprint density at radius 1 is 1.28 bits per heavy atom. The second kappa shape index (κ2) is 8.19. The summed E-state index contributed by atoms with van der Waals surface area (Å²) in [6.45, 7) is 5.33. The number of aromatic nitrogens is 3. The topological polar surface area (TPSA) is 64.2 Å². The van der Waals surface area contributed by atoms with Crippen LogP contribution in [-0.4, -0.2) is 38.7 Å². The van der Waals surface area contributed by atoms with Crippen LogP contribution in [0.2, 0.25) is 0 Å². The molecule has 0 saturated carbocycles. The maximum Gasteiger partial charge on any atom is 0.272 e. The van der Waals surface area contributed by atoms with Crippen molar-refractivity contribution < 1.29 is 13.6 Å². The van der Waals surface area contributed by atoms with Gasteiger partial charge in [-0.3, -0.25) is 9.48 Å². The highest BCUT2D eigenvalue weighted by Crippen LogP contribution is 2.28. The first kappa shape index (κ1) is 19.4. The van der Waals surface area contributed by atoms with E-state index >= 15 is 0 Å². The van der Waals surface area contributed by atoms with Gasteiger partial charge in [0, 0.05) is 31.7 Å². The fraction of sp³-hybridized carbons (Fsp3) is 0.409. The predicted octanol–water partition coefficient (Wildman–Crippen LogP) is 4.20. The van der Waals surface area contributed by atoms with Crippen molar-refractivity contribution in [2.75, 3.05) is 13.1 Å². The third-order valence-corrected chi connectivity index (χ3v) is 5.30. The van der Waals surface area contributed by atoms with E-state index in [2.05, 4.69) is 10.1 Å². The highest BCUT2D eigenvalue weighted by molar-refractivity contribution is 5.92. The molecule has 0 aliphatic carbocycles. The van der Waals surface area contributed by atoms with Gasteiger partial charge in [-0.25, -0.2) is 9.37 Å². The maximum absolute atomic E-state index is 13.1. The summed E-state index contributed by atoms with van der Waals surface area (Å²) in [5, 5.41) is 4.27. The molecular weight excluding hydrogens is 371 g/mol. The Balaban J connectivity index is 1.44. The molecule has 1 fully saturated rings. The Hall–Kier alpha value is -2.96. The summed E-state index contributed by atoms with van der Waals surface area (Å²) in [6.07, 6.45) is 5.81. The number of hydrogen-bond donors (Lipinski definition) is 0. The van der Waals surface area contributed by atoms with Crippen LogP contribution in [0.4, 0.5) is 4.39 Å². The fourth-order valence-electron chi connectivity index (χ4n) is 3.82. The Morgan fingerprint density at radius 2 is 2.07 bits per heavy atom. The first-order valence-corrected chi connectivity index (χ1v) is 10.0. The molecule has 7 heteroatoms. The number of oxazole rings is 1. The smallest absolute Gasteiger partial charge is 0.272 e. The van der Waals surface area contributed by atoms with Gasteiger partial charge in [0.05, 0.1) is 12.1 Å². The molecule has 2 aromatic heterocycles. The van der Waals surface area contributed by atoms with Gasteiger partial charge in [-0.05, 0) is 50.5 Å². The Labute approximate surface area is 169 Å². The van der Waals surface area contributed by atoms with E-state index in [1.807, 2.05) is 18.7 Å². The lowest BCUT2D eigenvalue weighted by atomic mass is 9.97. The molecule has 1 aromatic carbocycles.